The van der Waals surface area contributed by atoms with Gasteiger partial charge >= 0.3 is 6.18 Å². The predicted octanol–water partition coefficient (Wildman–Crippen LogP) is 3.87. The van der Waals surface area contributed by atoms with E-state index in [-0.39, 0.29) is 0 Å². The molecule has 0 heterocycles. The number of hydrogen-bond donors (Lipinski definition) is 1. The number of benzene rings is 2. The summed E-state index contributed by atoms with van der Waals surface area (Å²) in [6.07, 6.45) is -4.28. The fourth-order valence-electron chi connectivity index (χ4n) is 1.80. The molecule has 0 spiro atoms. The van der Waals surface area contributed by atoms with E-state index in [1.165, 1.54) is 12.1 Å². The Morgan fingerprint density at radius 2 is 1.57 bits per heavy atom. The summed E-state index contributed by atoms with van der Waals surface area (Å²) in [5.74, 6) is 0.800. The molecule has 21 heavy (non-hydrogen) atoms. The Hall–Kier alpha value is -2.01. The van der Waals surface area contributed by atoms with E-state index in [4.69, 9.17) is 4.74 Å². The number of rotatable bonds is 6. The maximum Gasteiger partial charge on any atom is 0.416 e. The molecule has 0 aliphatic heterocycles. The lowest BCUT2D eigenvalue weighted by Crippen LogP contribution is -2.20. The Balaban J connectivity index is 1.69. The Bertz CT molecular complexity index is 538. The molecule has 5 heteroatoms. The van der Waals surface area contributed by atoms with Crippen molar-refractivity contribution in [2.75, 3.05) is 13.2 Å². The van der Waals surface area contributed by atoms with Gasteiger partial charge in [-0.2, -0.15) is 13.2 Å². The minimum absolute atomic E-state index is 0.505. The van der Waals surface area contributed by atoms with Crippen LogP contribution in [0.1, 0.15) is 11.1 Å². The minimum atomic E-state index is -4.28. The Morgan fingerprint density at radius 3 is 2.19 bits per heavy atom. The average Bonchev–Trinajstić information content (AvgIpc) is 2.47. The highest BCUT2D eigenvalue weighted by molar-refractivity contribution is 5.24. The number of alkyl halides is 3. The Labute approximate surface area is 121 Å². The third-order valence-electron chi connectivity index (χ3n) is 2.90. The van der Waals surface area contributed by atoms with Crippen molar-refractivity contribution < 1.29 is 17.9 Å². The lowest BCUT2D eigenvalue weighted by molar-refractivity contribution is -0.137. The van der Waals surface area contributed by atoms with Gasteiger partial charge in [0, 0.05) is 13.1 Å². The van der Waals surface area contributed by atoms with E-state index in [2.05, 4.69) is 5.32 Å². The zero-order valence-electron chi connectivity index (χ0n) is 11.4. The van der Waals surface area contributed by atoms with Crippen LogP contribution in [0.3, 0.4) is 0 Å². The second kappa shape index (κ2) is 7.13. The topological polar surface area (TPSA) is 21.3 Å². The lowest BCUT2D eigenvalue weighted by atomic mass is 10.1. The molecule has 0 saturated heterocycles. The van der Waals surface area contributed by atoms with Crippen LogP contribution in [0.25, 0.3) is 0 Å². The van der Waals surface area contributed by atoms with Crippen molar-refractivity contribution >= 4 is 0 Å². The van der Waals surface area contributed by atoms with E-state index in [9.17, 15) is 13.2 Å². The van der Waals surface area contributed by atoms with Gasteiger partial charge in [-0.15, -0.1) is 0 Å². The molecule has 0 radical (unpaired) electrons. The number of hydrogen-bond acceptors (Lipinski definition) is 2. The van der Waals surface area contributed by atoms with Crippen molar-refractivity contribution in [3.63, 3.8) is 0 Å². The average molecular weight is 295 g/mol. The molecule has 2 rings (SSSR count). The highest BCUT2D eigenvalue weighted by Crippen LogP contribution is 2.28. The molecule has 0 saturated carbocycles. The SMILES string of the molecule is FC(F)(F)c1ccc(CNCCOc2ccccc2)cc1. The molecule has 0 amide bonds. The Morgan fingerprint density at radius 1 is 0.905 bits per heavy atom. The molecule has 0 bridgehead atoms. The zero-order chi connectivity index (χ0) is 15.1. The summed E-state index contributed by atoms with van der Waals surface area (Å²) in [5.41, 5.74) is 0.182. The molecule has 1 N–H and O–H groups in total. The normalized spacial score (nSPS) is 11.4. The van der Waals surface area contributed by atoms with Crippen LogP contribution in [-0.4, -0.2) is 13.2 Å². The second-order valence-corrected chi connectivity index (χ2v) is 4.53. The predicted molar refractivity (Wildman–Crippen MR) is 75.1 cm³/mol. The molecule has 0 fully saturated rings. The van der Waals surface area contributed by atoms with Gasteiger partial charge in [0.2, 0.25) is 0 Å². The van der Waals surface area contributed by atoms with Crippen molar-refractivity contribution in [1.82, 2.24) is 5.32 Å². The molecular formula is C16H16F3NO. The number of ether oxygens (including phenoxy) is 1. The molecule has 2 aromatic rings. The smallest absolute Gasteiger partial charge is 0.416 e. The van der Waals surface area contributed by atoms with E-state index >= 15 is 0 Å². The summed E-state index contributed by atoms with van der Waals surface area (Å²) in [6.45, 7) is 1.64. The van der Waals surface area contributed by atoms with Gasteiger partial charge in [-0.1, -0.05) is 30.3 Å². The first-order valence-electron chi connectivity index (χ1n) is 6.60. The minimum Gasteiger partial charge on any atom is -0.492 e. The molecule has 0 aliphatic carbocycles. The van der Waals surface area contributed by atoms with Crippen molar-refractivity contribution in [3.8, 4) is 5.75 Å². The summed E-state index contributed by atoms with van der Waals surface area (Å²) < 4.78 is 42.7. The molecular weight excluding hydrogens is 279 g/mol. The largest absolute Gasteiger partial charge is 0.492 e. The van der Waals surface area contributed by atoms with Gasteiger partial charge in [0.25, 0.3) is 0 Å². The van der Waals surface area contributed by atoms with Crippen LogP contribution in [0, 0.1) is 0 Å². The fourth-order valence-corrected chi connectivity index (χ4v) is 1.80. The first-order chi connectivity index (χ1) is 10.1. The standard InChI is InChI=1S/C16H16F3NO/c17-16(18,19)14-8-6-13(7-9-14)12-20-10-11-21-15-4-2-1-3-5-15/h1-9,20H,10-12H2. The van der Waals surface area contributed by atoms with Crippen LogP contribution in [0.2, 0.25) is 0 Å². The third kappa shape index (κ3) is 5.11. The van der Waals surface area contributed by atoms with Crippen molar-refractivity contribution in [3.05, 3.63) is 65.7 Å². The van der Waals surface area contributed by atoms with Crippen LogP contribution in [0.4, 0.5) is 13.2 Å². The van der Waals surface area contributed by atoms with Gasteiger partial charge in [0.1, 0.15) is 12.4 Å². The third-order valence-corrected chi connectivity index (χ3v) is 2.90. The summed E-state index contributed by atoms with van der Waals surface area (Å²) in [6, 6.07) is 14.6. The summed E-state index contributed by atoms with van der Waals surface area (Å²) in [7, 11) is 0. The number of nitrogens with one attached hydrogen (secondary N) is 1. The molecule has 2 aromatic carbocycles. The summed E-state index contributed by atoms with van der Waals surface area (Å²) in [5, 5.41) is 3.12. The first-order valence-corrected chi connectivity index (χ1v) is 6.60. The van der Waals surface area contributed by atoms with E-state index in [0.29, 0.717) is 19.7 Å². The van der Waals surface area contributed by atoms with Crippen LogP contribution >= 0.6 is 0 Å². The van der Waals surface area contributed by atoms with Gasteiger partial charge in [0.15, 0.2) is 0 Å². The molecule has 2 nitrogen and oxygen atoms in total. The van der Waals surface area contributed by atoms with Crippen LogP contribution in [0.5, 0.6) is 5.75 Å². The molecule has 0 aromatic heterocycles. The van der Waals surface area contributed by atoms with E-state index in [1.807, 2.05) is 30.3 Å². The lowest BCUT2D eigenvalue weighted by Gasteiger charge is -2.09. The highest BCUT2D eigenvalue weighted by Gasteiger charge is 2.29. The van der Waals surface area contributed by atoms with Crippen molar-refractivity contribution in [2.24, 2.45) is 0 Å². The van der Waals surface area contributed by atoms with E-state index in [1.54, 1.807) is 0 Å². The summed E-state index contributed by atoms with van der Waals surface area (Å²) >= 11 is 0. The molecule has 0 unspecified atom stereocenters. The maximum atomic E-state index is 12.4. The molecule has 0 atom stereocenters. The second-order valence-electron chi connectivity index (χ2n) is 4.53. The van der Waals surface area contributed by atoms with Gasteiger partial charge < -0.3 is 10.1 Å². The van der Waals surface area contributed by atoms with E-state index in [0.717, 1.165) is 23.4 Å². The van der Waals surface area contributed by atoms with Crippen LogP contribution in [-0.2, 0) is 12.7 Å². The quantitative estimate of drug-likeness (QED) is 0.817. The van der Waals surface area contributed by atoms with E-state index < -0.39 is 11.7 Å². The maximum absolute atomic E-state index is 12.4. The van der Waals surface area contributed by atoms with Gasteiger partial charge in [-0.25, -0.2) is 0 Å². The Kier molecular flexibility index (Phi) is 5.22. The molecule has 0 aliphatic rings. The summed E-state index contributed by atoms with van der Waals surface area (Å²) in [4.78, 5) is 0. The van der Waals surface area contributed by atoms with Gasteiger partial charge in [0.05, 0.1) is 5.56 Å². The fraction of sp³-hybridized carbons (Fsp3) is 0.250. The number of halogens is 3. The van der Waals surface area contributed by atoms with Crippen molar-refractivity contribution in [1.29, 1.82) is 0 Å². The number of para-hydroxylation sites is 1. The highest BCUT2D eigenvalue weighted by atomic mass is 19.4. The van der Waals surface area contributed by atoms with Crippen molar-refractivity contribution in [2.45, 2.75) is 12.7 Å². The van der Waals surface area contributed by atoms with Crippen LogP contribution < -0.4 is 10.1 Å². The van der Waals surface area contributed by atoms with Gasteiger partial charge in [-0.3, -0.25) is 0 Å². The monoisotopic (exact) mass is 295 g/mol. The molecule has 112 valence electrons. The zero-order valence-corrected chi connectivity index (χ0v) is 11.4. The first kappa shape index (κ1) is 15.4. The van der Waals surface area contributed by atoms with Crippen LogP contribution in [0.15, 0.2) is 54.6 Å². The van der Waals surface area contributed by atoms with Gasteiger partial charge in [-0.05, 0) is 29.8 Å².